The van der Waals surface area contributed by atoms with Gasteiger partial charge in [-0.15, -0.1) is 0 Å². The topological polar surface area (TPSA) is 103 Å². The molecular formula is C22H24N2O6. The quantitative estimate of drug-likeness (QED) is 0.509. The van der Waals surface area contributed by atoms with Crippen molar-refractivity contribution in [3.8, 4) is 11.5 Å². The van der Waals surface area contributed by atoms with Gasteiger partial charge < -0.3 is 24.8 Å². The molecule has 0 aromatic heterocycles. The van der Waals surface area contributed by atoms with Crippen LogP contribution < -0.4 is 20.1 Å². The lowest BCUT2D eigenvalue weighted by molar-refractivity contribution is -0.151. The number of ether oxygens (including phenoxy) is 3. The summed E-state index contributed by atoms with van der Waals surface area (Å²) in [5, 5.41) is 5.28. The lowest BCUT2D eigenvalue weighted by Crippen LogP contribution is -2.39. The molecule has 1 atom stereocenters. The first-order valence-corrected chi connectivity index (χ1v) is 9.61. The summed E-state index contributed by atoms with van der Waals surface area (Å²) in [6.07, 6.45) is -1.29. The van der Waals surface area contributed by atoms with E-state index in [9.17, 15) is 14.4 Å². The molecule has 3 rings (SSSR count). The van der Waals surface area contributed by atoms with Crippen LogP contribution in [0.1, 0.15) is 17.5 Å². The van der Waals surface area contributed by atoms with Crippen LogP contribution in [0, 0.1) is 13.8 Å². The first-order valence-electron chi connectivity index (χ1n) is 9.61. The highest BCUT2D eigenvalue weighted by Crippen LogP contribution is 2.29. The van der Waals surface area contributed by atoms with E-state index in [0.29, 0.717) is 18.0 Å². The fourth-order valence-corrected chi connectivity index (χ4v) is 2.95. The molecule has 158 valence electrons. The Morgan fingerprint density at radius 1 is 1.17 bits per heavy atom. The largest absolute Gasteiger partial charge is 0.491 e. The maximum absolute atomic E-state index is 12.0. The summed E-state index contributed by atoms with van der Waals surface area (Å²) >= 11 is 0. The summed E-state index contributed by atoms with van der Waals surface area (Å²) in [7, 11) is 0. The molecule has 30 heavy (non-hydrogen) atoms. The number of para-hydroxylation sites is 2. The molecule has 2 aromatic rings. The molecule has 8 nitrogen and oxygen atoms in total. The van der Waals surface area contributed by atoms with Gasteiger partial charge >= 0.3 is 5.97 Å². The first kappa shape index (κ1) is 21.2. The molecule has 0 aliphatic carbocycles. The second-order valence-electron chi connectivity index (χ2n) is 6.92. The zero-order valence-electron chi connectivity index (χ0n) is 16.9. The van der Waals surface area contributed by atoms with Crippen molar-refractivity contribution in [2.24, 2.45) is 0 Å². The Bertz CT molecular complexity index is 943. The van der Waals surface area contributed by atoms with Crippen LogP contribution in [0.2, 0.25) is 0 Å². The number of aryl methyl sites for hydroxylation is 2. The van der Waals surface area contributed by atoms with Crippen molar-refractivity contribution in [2.45, 2.75) is 26.4 Å². The highest BCUT2D eigenvalue weighted by molar-refractivity contribution is 5.99. The van der Waals surface area contributed by atoms with Gasteiger partial charge in [0.25, 0.3) is 11.8 Å². The van der Waals surface area contributed by atoms with Gasteiger partial charge in [-0.1, -0.05) is 29.8 Å². The van der Waals surface area contributed by atoms with Crippen LogP contribution in [0.25, 0.3) is 0 Å². The van der Waals surface area contributed by atoms with E-state index in [1.165, 1.54) is 0 Å². The summed E-state index contributed by atoms with van der Waals surface area (Å²) in [4.78, 5) is 35.8. The van der Waals surface area contributed by atoms with Gasteiger partial charge in [0.05, 0.1) is 18.7 Å². The second kappa shape index (κ2) is 9.78. The molecule has 0 unspecified atom stereocenters. The molecule has 0 fully saturated rings. The molecule has 2 N–H and O–H groups in total. The molecule has 1 aliphatic rings. The van der Waals surface area contributed by atoms with E-state index in [1.807, 2.05) is 32.0 Å². The SMILES string of the molecule is Cc1ccc(OCCNC(=O)COC(=O)C[C@@H]2Oc3ccccc3NC2=O)c(C)c1. The van der Waals surface area contributed by atoms with E-state index in [-0.39, 0.29) is 13.0 Å². The van der Waals surface area contributed by atoms with E-state index in [0.717, 1.165) is 16.9 Å². The minimum absolute atomic E-state index is 0.272. The van der Waals surface area contributed by atoms with Crippen molar-refractivity contribution in [3.63, 3.8) is 0 Å². The van der Waals surface area contributed by atoms with Crippen molar-refractivity contribution in [2.75, 3.05) is 25.1 Å². The third-order valence-electron chi connectivity index (χ3n) is 4.44. The van der Waals surface area contributed by atoms with Gasteiger partial charge in [0.1, 0.15) is 18.1 Å². The van der Waals surface area contributed by atoms with Crippen LogP contribution in [0.5, 0.6) is 11.5 Å². The van der Waals surface area contributed by atoms with Gasteiger partial charge in [0.15, 0.2) is 12.7 Å². The van der Waals surface area contributed by atoms with E-state index in [1.54, 1.807) is 24.3 Å². The van der Waals surface area contributed by atoms with Crippen LogP contribution in [0.15, 0.2) is 42.5 Å². The Morgan fingerprint density at radius 2 is 1.97 bits per heavy atom. The monoisotopic (exact) mass is 412 g/mol. The summed E-state index contributed by atoms with van der Waals surface area (Å²) < 4.78 is 16.1. The Kier molecular flexibility index (Phi) is 6.90. The predicted molar refractivity (Wildman–Crippen MR) is 109 cm³/mol. The Balaban J connectivity index is 1.34. The molecule has 1 heterocycles. The molecule has 0 bridgehead atoms. The number of anilines is 1. The van der Waals surface area contributed by atoms with Crippen molar-refractivity contribution >= 4 is 23.5 Å². The van der Waals surface area contributed by atoms with Gasteiger partial charge in [-0.05, 0) is 37.6 Å². The number of esters is 1. The van der Waals surface area contributed by atoms with Crippen LogP contribution in [0.3, 0.4) is 0 Å². The second-order valence-corrected chi connectivity index (χ2v) is 6.92. The zero-order chi connectivity index (χ0) is 21.5. The summed E-state index contributed by atoms with van der Waals surface area (Å²) in [5.41, 5.74) is 2.72. The fourth-order valence-electron chi connectivity index (χ4n) is 2.95. The maximum Gasteiger partial charge on any atom is 0.310 e. The Labute approximate surface area is 174 Å². The standard InChI is InChI=1S/C22H24N2O6/c1-14-7-8-17(15(2)11-14)28-10-9-23-20(25)13-29-21(26)12-19-22(27)24-16-5-3-4-6-18(16)30-19/h3-8,11,19H,9-10,12-13H2,1-2H3,(H,23,25)(H,24,27)/t19-/m0/s1. The van der Waals surface area contributed by atoms with Crippen LogP contribution in [-0.4, -0.2) is 43.6 Å². The Morgan fingerprint density at radius 3 is 2.77 bits per heavy atom. The van der Waals surface area contributed by atoms with Gasteiger partial charge in [-0.3, -0.25) is 14.4 Å². The van der Waals surface area contributed by atoms with Crippen LogP contribution in [0.4, 0.5) is 5.69 Å². The van der Waals surface area contributed by atoms with Crippen LogP contribution >= 0.6 is 0 Å². The number of hydrogen-bond acceptors (Lipinski definition) is 6. The predicted octanol–water partition coefficient (Wildman–Crippen LogP) is 2.13. The van der Waals surface area contributed by atoms with E-state index in [2.05, 4.69) is 10.6 Å². The number of hydrogen-bond donors (Lipinski definition) is 2. The lowest BCUT2D eigenvalue weighted by Gasteiger charge is -2.25. The fraction of sp³-hybridized carbons (Fsp3) is 0.318. The number of fused-ring (bicyclic) bond motifs is 1. The number of amides is 2. The number of benzene rings is 2. The van der Waals surface area contributed by atoms with Gasteiger partial charge in [-0.2, -0.15) is 0 Å². The first-order chi connectivity index (χ1) is 14.4. The minimum atomic E-state index is -0.999. The zero-order valence-corrected chi connectivity index (χ0v) is 16.9. The maximum atomic E-state index is 12.0. The van der Waals surface area contributed by atoms with Crippen molar-refractivity contribution in [1.82, 2.24) is 5.32 Å². The minimum Gasteiger partial charge on any atom is -0.491 e. The third-order valence-corrected chi connectivity index (χ3v) is 4.44. The molecular weight excluding hydrogens is 388 g/mol. The van der Waals surface area contributed by atoms with Crippen LogP contribution in [-0.2, 0) is 19.1 Å². The lowest BCUT2D eigenvalue weighted by atomic mass is 10.1. The van der Waals surface area contributed by atoms with Gasteiger partial charge in [-0.25, -0.2) is 0 Å². The normalized spacial score (nSPS) is 14.7. The average Bonchev–Trinajstić information content (AvgIpc) is 2.71. The molecule has 0 saturated heterocycles. The number of nitrogens with one attached hydrogen (secondary N) is 2. The van der Waals surface area contributed by atoms with Gasteiger partial charge in [0, 0.05) is 0 Å². The molecule has 0 radical (unpaired) electrons. The molecule has 2 amide bonds. The highest BCUT2D eigenvalue weighted by atomic mass is 16.5. The molecule has 0 saturated carbocycles. The van der Waals surface area contributed by atoms with Crippen molar-refractivity contribution < 1.29 is 28.6 Å². The van der Waals surface area contributed by atoms with E-state index >= 15 is 0 Å². The molecule has 0 spiro atoms. The summed E-state index contributed by atoms with van der Waals surface area (Å²) in [6.45, 7) is 4.08. The number of rotatable bonds is 8. The van der Waals surface area contributed by atoms with Crippen molar-refractivity contribution in [3.05, 3.63) is 53.6 Å². The third kappa shape index (κ3) is 5.73. The van der Waals surface area contributed by atoms with E-state index in [4.69, 9.17) is 14.2 Å². The average molecular weight is 412 g/mol. The molecule has 1 aliphatic heterocycles. The summed E-state index contributed by atoms with van der Waals surface area (Å²) in [6, 6.07) is 12.8. The van der Waals surface area contributed by atoms with Crippen molar-refractivity contribution in [1.29, 1.82) is 0 Å². The molecule has 8 heteroatoms. The smallest absolute Gasteiger partial charge is 0.310 e. The number of carbonyl (C=O) groups is 3. The van der Waals surface area contributed by atoms with E-state index < -0.39 is 30.5 Å². The van der Waals surface area contributed by atoms with Gasteiger partial charge in [0.2, 0.25) is 0 Å². The number of carbonyl (C=O) groups excluding carboxylic acids is 3. The highest BCUT2D eigenvalue weighted by Gasteiger charge is 2.30. The summed E-state index contributed by atoms with van der Waals surface area (Å²) in [5.74, 6) is -0.341. The Hall–Kier alpha value is -3.55. The molecule has 2 aromatic carbocycles.